The van der Waals surface area contributed by atoms with Crippen LogP contribution in [0.4, 0.5) is 0 Å². The molecule has 0 saturated carbocycles. The van der Waals surface area contributed by atoms with Crippen molar-refractivity contribution < 1.29 is 4.79 Å². The van der Waals surface area contributed by atoms with Crippen LogP contribution in [0.3, 0.4) is 0 Å². The number of thiophene rings is 1. The highest BCUT2D eigenvalue weighted by atomic mass is 32.1. The number of carbonyl (C=O) groups excluding carboxylic acids is 1. The number of amides is 1. The molecule has 0 aliphatic rings. The van der Waals surface area contributed by atoms with Crippen molar-refractivity contribution in [1.29, 1.82) is 0 Å². The minimum absolute atomic E-state index is 0.00509. The van der Waals surface area contributed by atoms with E-state index in [4.69, 9.17) is 0 Å². The van der Waals surface area contributed by atoms with Crippen molar-refractivity contribution in [3.05, 3.63) is 46.7 Å². The van der Waals surface area contributed by atoms with E-state index >= 15 is 0 Å². The minimum atomic E-state index is -0.200. The van der Waals surface area contributed by atoms with Gasteiger partial charge in [0, 0.05) is 17.3 Å². The zero-order chi connectivity index (χ0) is 11.4. The van der Waals surface area contributed by atoms with Crippen molar-refractivity contribution in [3.63, 3.8) is 0 Å². The molecular weight excluding hydrogens is 222 g/mol. The Morgan fingerprint density at radius 3 is 3.00 bits per heavy atom. The second-order valence-corrected chi connectivity index (χ2v) is 4.28. The van der Waals surface area contributed by atoms with E-state index in [1.54, 1.807) is 17.5 Å². The average molecular weight is 233 g/mol. The van der Waals surface area contributed by atoms with Crippen molar-refractivity contribution in [3.8, 4) is 0 Å². The molecule has 2 aromatic heterocycles. The number of hydrogen-bond donors (Lipinski definition) is 1. The summed E-state index contributed by atoms with van der Waals surface area (Å²) >= 11 is 1.62. The van der Waals surface area contributed by atoms with Gasteiger partial charge in [-0.15, -0.1) is 11.3 Å². The second kappa shape index (κ2) is 4.85. The zero-order valence-electron chi connectivity index (χ0n) is 8.75. The number of hydrogen-bond acceptors (Lipinski definition) is 4. The Hall–Kier alpha value is -1.75. The number of carbonyl (C=O) groups is 1. The Bertz CT molecular complexity index is 455. The van der Waals surface area contributed by atoms with Crippen LogP contribution in [0, 0.1) is 0 Å². The highest BCUT2D eigenvalue weighted by molar-refractivity contribution is 7.10. The van der Waals surface area contributed by atoms with Gasteiger partial charge >= 0.3 is 0 Å². The van der Waals surface area contributed by atoms with E-state index in [2.05, 4.69) is 15.3 Å². The van der Waals surface area contributed by atoms with Crippen LogP contribution in [0.25, 0.3) is 0 Å². The van der Waals surface area contributed by atoms with Crippen molar-refractivity contribution >= 4 is 17.2 Å². The lowest BCUT2D eigenvalue weighted by molar-refractivity contribution is 0.0935. The molecule has 0 radical (unpaired) electrons. The van der Waals surface area contributed by atoms with Gasteiger partial charge in [-0.25, -0.2) is 4.98 Å². The molecule has 2 heterocycles. The number of aromatic nitrogens is 2. The second-order valence-electron chi connectivity index (χ2n) is 3.30. The lowest BCUT2D eigenvalue weighted by Gasteiger charge is -2.11. The third-order valence-corrected chi connectivity index (χ3v) is 3.17. The fourth-order valence-electron chi connectivity index (χ4n) is 1.30. The molecule has 16 heavy (non-hydrogen) atoms. The molecule has 0 saturated heterocycles. The van der Waals surface area contributed by atoms with E-state index < -0.39 is 0 Å². The SMILES string of the molecule is C[C@H](NC(=O)c1cnccn1)c1cccs1. The van der Waals surface area contributed by atoms with Gasteiger partial charge in [-0.05, 0) is 18.4 Å². The summed E-state index contributed by atoms with van der Waals surface area (Å²) in [5.74, 6) is -0.200. The minimum Gasteiger partial charge on any atom is -0.343 e. The van der Waals surface area contributed by atoms with Gasteiger partial charge in [-0.2, -0.15) is 0 Å². The molecular formula is C11H11N3OS. The highest BCUT2D eigenvalue weighted by Crippen LogP contribution is 2.18. The molecule has 0 aliphatic heterocycles. The quantitative estimate of drug-likeness (QED) is 0.882. The Labute approximate surface area is 97.4 Å². The molecule has 5 heteroatoms. The Morgan fingerprint density at radius 2 is 2.38 bits per heavy atom. The summed E-state index contributed by atoms with van der Waals surface area (Å²) < 4.78 is 0. The number of nitrogens with zero attached hydrogens (tertiary/aromatic N) is 2. The van der Waals surface area contributed by atoms with Crippen molar-refractivity contribution in [2.24, 2.45) is 0 Å². The van der Waals surface area contributed by atoms with E-state index in [9.17, 15) is 4.79 Å². The summed E-state index contributed by atoms with van der Waals surface area (Å²) in [4.78, 5) is 20.7. The molecule has 82 valence electrons. The topological polar surface area (TPSA) is 54.9 Å². The molecule has 1 atom stereocenters. The molecule has 1 N–H and O–H groups in total. The van der Waals surface area contributed by atoms with E-state index in [1.807, 2.05) is 24.4 Å². The van der Waals surface area contributed by atoms with Crippen LogP contribution < -0.4 is 5.32 Å². The third kappa shape index (κ3) is 2.43. The smallest absolute Gasteiger partial charge is 0.271 e. The summed E-state index contributed by atoms with van der Waals surface area (Å²) in [6, 6.07) is 3.95. The van der Waals surface area contributed by atoms with E-state index in [1.165, 1.54) is 12.4 Å². The van der Waals surface area contributed by atoms with Gasteiger partial charge < -0.3 is 5.32 Å². The molecule has 4 nitrogen and oxygen atoms in total. The largest absolute Gasteiger partial charge is 0.343 e. The van der Waals surface area contributed by atoms with Crippen LogP contribution >= 0.6 is 11.3 Å². The predicted molar refractivity (Wildman–Crippen MR) is 62.2 cm³/mol. The number of nitrogens with one attached hydrogen (secondary N) is 1. The van der Waals surface area contributed by atoms with Gasteiger partial charge in [0.1, 0.15) is 5.69 Å². The first-order chi connectivity index (χ1) is 7.77. The molecule has 0 aliphatic carbocycles. The fraction of sp³-hybridized carbons (Fsp3) is 0.182. The summed E-state index contributed by atoms with van der Waals surface area (Å²) in [7, 11) is 0. The fourth-order valence-corrected chi connectivity index (χ4v) is 2.03. The lowest BCUT2D eigenvalue weighted by atomic mass is 10.2. The Balaban J connectivity index is 2.03. The maximum Gasteiger partial charge on any atom is 0.271 e. The van der Waals surface area contributed by atoms with Crippen molar-refractivity contribution in [1.82, 2.24) is 15.3 Å². The normalized spacial score (nSPS) is 12.1. The summed E-state index contributed by atoms with van der Waals surface area (Å²) in [5, 5.41) is 4.85. The molecule has 0 fully saturated rings. The summed E-state index contributed by atoms with van der Waals surface area (Å²) in [6.07, 6.45) is 4.50. The van der Waals surface area contributed by atoms with Crippen molar-refractivity contribution in [2.75, 3.05) is 0 Å². The van der Waals surface area contributed by atoms with Crippen LogP contribution in [0.5, 0.6) is 0 Å². The molecule has 0 spiro atoms. The first kappa shape index (κ1) is 10.8. The van der Waals surface area contributed by atoms with E-state index in [0.29, 0.717) is 5.69 Å². The van der Waals surface area contributed by atoms with E-state index in [0.717, 1.165) is 4.88 Å². The summed E-state index contributed by atoms with van der Waals surface area (Å²) in [6.45, 7) is 1.94. The predicted octanol–water partition coefficient (Wildman–Crippen LogP) is 2.03. The molecule has 2 aromatic rings. The summed E-state index contributed by atoms with van der Waals surface area (Å²) in [5.41, 5.74) is 0.339. The first-order valence-electron chi connectivity index (χ1n) is 4.87. The maximum atomic E-state index is 11.7. The number of rotatable bonds is 3. The van der Waals surface area contributed by atoms with Crippen LogP contribution in [-0.4, -0.2) is 15.9 Å². The van der Waals surface area contributed by atoms with Gasteiger partial charge in [0.15, 0.2) is 0 Å². The molecule has 1 amide bonds. The molecule has 0 bridgehead atoms. The average Bonchev–Trinajstić information content (AvgIpc) is 2.83. The molecule has 0 unspecified atom stereocenters. The highest BCUT2D eigenvalue weighted by Gasteiger charge is 2.12. The first-order valence-corrected chi connectivity index (χ1v) is 5.75. The van der Waals surface area contributed by atoms with Gasteiger partial charge in [-0.1, -0.05) is 6.07 Å². The van der Waals surface area contributed by atoms with Gasteiger partial charge in [0.25, 0.3) is 5.91 Å². The van der Waals surface area contributed by atoms with Crippen LogP contribution in [0.1, 0.15) is 28.3 Å². The van der Waals surface area contributed by atoms with Crippen molar-refractivity contribution in [2.45, 2.75) is 13.0 Å². The molecule has 0 aromatic carbocycles. The van der Waals surface area contributed by atoms with Gasteiger partial charge in [0.2, 0.25) is 0 Å². The van der Waals surface area contributed by atoms with Crippen LogP contribution in [0.2, 0.25) is 0 Å². The van der Waals surface area contributed by atoms with Gasteiger partial charge in [0.05, 0.1) is 12.2 Å². The Kier molecular flexibility index (Phi) is 3.26. The van der Waals surface area contributed by atoms with Crippen LogP contribution in [0.15, 0.2) is 36.1 Å². The molecule has 2 rings (SSSR count). The lowest BCUT2D eigenvalue weighted by Crippen LogP contribution is -2.26. The maximum absolute atomic E-state index is 11.7. The third-order valence-electron chi connectivity index (χ3n) is 2.11. The van der Waals surface area contributed by atoms with E-state index in [-0.39, 0.29) is 11.9 Å². The Morgan fingerprint density at radius 1 is 1.50 bits per heavy atom. The monoisotopic (exact) mass is 233 g/mol. The zero-order valence-corrected chi connectivity index (χ0v) is 9.57. The van der Waals surface area contributed by atoms with Gasteiger partial charge in [-0.3, -0.25) is 9.78 Å². The van der Waals surface area contributed by atoms with Crippen LogP contribution in [-0.2, 0) is 0 Å². The standard InChI is InChI=1S/C11H11N3OS/c1-8(10-3-2-6-16-10)14-11(15)9-7-12-4-5-13-9/h2-8H,1H3,(H,14,15)/t8-/m0/s1.